The Kier molecular flexibility index (Phi) is 3.12. The highest BCUT2D eigenvalue weighted by Gasteiger charge is 2.11. The molecule has 0 saturated carbocycles. The van der Waals surface area contributed by atoms with Crippen molar-refractivity contribution in [2.75, 3.05) is 0 Å². The van der Waals surface area contributed by atoms with Gasteiger partial charge in [0.05, 0.1) is 11.4 Å². The monoisotopic (exact) mass is 237 g/mol. The van der Waals surface area contributed by atoms with Crippen LogP contribution in [-0.4, -0.2) is 9.97 Å². The van der Waals surface area contributed by atoms with Gasteiger partial charge in [-0.1, -0.05) is 11.6 Å². The molecule has 0 aliphatic heterocycles. The van der Waals surface area contributed by atoms with Gasteiger partial charge in [0.15, 0.2) is 0 Å². The zero-order valence-corrected chi connectivity index (χ0v) is 9.08. The van der Waals surface area contributed by atoms with Crippen molar-refractivity contribution in [1.29, 1.82) is 0 Å². The van der Waals surface area contributed by atoms with E-state index in [-0.39, 0.29) is 12.4 Å². The van der Waals surface area contributed by atoms with Crippen LogP contribution in [0.4, 0.5) is 4.39 Å². The van der Waals surface area contributed by atoms with Gasteiger partial charge >= 0.3 is 0 Å². The van der Waals surface area contributed by atoms with Crippen LogP contribution in [0.3, 0.4) is 0 Å². The SMILES string of the molecule is NCc1nccnc1-c1cc(Cl)ccc1F. The first-order chi connectivity index (χ1) is 7.72. The molecule has 0 atom stereocenters. The lowest BCUT2D eigenvalue weighted by Crippen LogP contribution is -2.04. The van der Waals surface area contributed by atoms with Crippen molar-refractivity contribution in [3.8, 4) is 11.3 Å². The molecule has 1 heterocycles. The number of rotatable bonds is 2. The number of aromatic nitrogens is 2. The van der Waals surface area contributed by atoms with Gasteiger partial charge in [-0.05, 0) is 18.2 Å². The molecule has 16 heavy (non-hydrogen) atoms. The average molecular weight is 238 g/mol. The molecule has 0 unspecified atom stereocenters. The summed E-state index contributed by atoms with van der Waals surface area (Å²) in [4.78, 5) is 8.13. The van der Waals surface area contributed by atoms with Gasteiger partial charge in [-0.15, -0.1) is 0 Å². The molecule has 1 aromatic heterocycles. The third kappa shape index (κ3) is 2.03. The maximum Gasteiger partial charge on any atom is 0.132 e. The predicted octanol–water partition coefficient (Wildman–Crippen LogP) is 2.39. The summed E-state index contributed by atoms with van der Waals surface area (Å²) in [5.41, 5.74) is 6.82. The molecule has 0 radical (unpaired) electrons. The van der Waals surface area contributed by atoms with Crippen molar-refractivity contribution in [2.24, 2.45) is 5.73 Å². The molecule has 1 aromatic carbocycles. The molecule has 0 aliphatic carbocycles. The highest BCUT2D eigenvalue weighted by Crippen LogP contribution is 2.25. The van der Waals surface area contributed by atoms with Crippen molar-refractivity contribution >= 4 is 11.6 Å². The summed E-state index contributed by atoms with van der Waals surface area (Å²) in [6, 6.07) is 4.30. The quantitative estimate of drug-likeness (QED) is 0.873. The molecule has 0 bridgehead atoms. The smallest absolute Gasteiger partial charge is 0.132 e. The van der Waals surface area contributed by atoms with E-state index < -0.39 is 0 Å². The molecule has 5 heteroatoms. The standard InChI is InChI=1S/C11H9ClFN3/c12-7-1-2-9(13)8(5-7)11-10(6-14)15-3-4-16-11/h1-5H,6,14H2. The molecule has 0 fully saturated rings. The van der Waals surface area contributed by atoms with E-state index in [1.165, 1.54) is 30.6 Å². The van der Waals surface area contributed by atoms with Crippen molar-refractivity contribution in [3.05, 3.63) is 47.1 Å². The Morgan fingerprint density at radius 1 is 1.25 bits per heavy atom. The summed E-state index contributed by atoms with van der Waals surface area (Å²) in [7, 11) is 0. The van der Waals surface area contributed by atoms with Gasteiger partial charge in [0.25, 0.3) is 0 Å². The molecule has 2 rings (SSSR count). The highest BCUT2D eigenvalue weighted by molar-refractivity contribution is 6.30. The fourth-order valence-corrected chi connectivity index (χ4v) is 1.59. The summed E-state index contributed by atoms with van der Waals surface area (Å²) in [5.74, 6) is -0.389. The van der Waals surface area contributed by atoms with Gasteiger partial charge in [-0.3, -0.25) is 9.97 Å². The van der Waals surface area contributed by atoms with Crippen LogP contribution in [0.1, 0.15) is 5.69 Å². The van der Waals surface area contributed by atoms with Crippen molar-refractivity contribution in [2.45, 2.75) is 6.54 Å². The van der Waals surface area contributed by atoms with Crippen molar-refractivity contribution in [3.63, 3.8) is 0 Å². The number of hydrogen-bond donors (Lipinski definition) is 1. The lowest BCUT2D eigenvalue weighted by Gasteiger charge is -2.06. The number of nitrogens with two attached hydrogens (primary N) is 1. The Balaban J connectivity index is 2.62. The molecule has 0 saturated heterocycles. The van der Waals surface area contributed by atoms with E-state index in [9.17, 15) is 4.39 Å². The first kappa shape index (κ1) is 11.0. The molecule has 2 aromatic rings. The third-order valence-corrected chi connectivity index (χ3v) is 2.39. The second-order valence-corrected chi connectivity index (χ2v) is 3.62. The van der Waals surface area contributed by atoms with Crippen LogP contribution in [-0.2, 0) is 6.54 Å². The normalized spacial score (nSPS) is 10.4. The van der Waals surface area contributed by atoms with Crippen LogP contribution in [0.2, 0.25) is 5.02 Å². The lowest BCUT2D eigenvalue weighted by molar-refractivity contribution is 0.630. The minimum atomic E-state index is -0.389. The fraction of sp³-hybridized carbons (Fsp3) is 0.0909. The lowest BCUT2D eigenvalue weighted by atomic mass is 10.1. The van der Waals surface area contributed by atoms with E-state index >= 15 is 0 Å². The first-order valence-electron chi connectivity index (χ1n) is 4.67. The molecule has 3 nitrogen and oxygen atoms in total. The van der Waals surface area contributed by atoms with Crippen LogP contribution < -0.4 is 5.73 Å². The van der Waals surface area contributed by atoms with Crippen LogP contribution in [0.25, 0.3) is 11.3 Å². The molecule has 0 aliphatic rings. The van der Waals surface area contributed by atoms with Crippen LogP contribution in [0, 0.1) is 5.82 Å². The van der Waals surface area contributed by atoms with Crippen LogP contribution in [0.5, 0.6) is 0 Å². The van der Waals surface area contributed by atoms with E-state index in [4.69, 9.17) is 17.3 Å². The first-order valence-corrected chi connectivity index (χ1v) is 5.05. The second-order valence-electron chi connectivity index (χ2n) is 3.18. The number of halogens is 2. The maximum absolute atomic E-state index is 13.6. The number of hydrogen-bond acceptors (Lipinski definition) is 3. The highest BCUT2D eigenvalue weighted by atomic mass is 35.5. The minimum absolute atomic E-state index is 0.203. The average Bonchev–Trinajstić information content (AvgIpc) is 2.32. The number of benzene rings is 1. The number of nitrogens with zero attached hydrogens (tertiary/aromatic N) is 2. The summed E-state index contributed by atoms with van der Waals surface area (Å²) in [6.45, 7) is 0.203. The maximum atomic E-state index is 13.6. The molecular weight excluding hydrogens is 229 g/mol. The van der Waals surface area contributed by atoms with Crippen LogP contribution in [0.15, 0.2) is 30.6 Å². The van der Waals surface area contributed by atoms with E-state index in [1.807, 2.05) is 0 Å². The molecule has 0 spiro atoms. The zero-order chi connectivity index (χ0) is 11.5. The van der Waals surface area contributed by atoms with Gasteiger partial charge in [0, 0.05) is 29.5 Å². The van der Waals surface area contributed by atoms with Gasteiger partial charge < -0.3 is 5.73 Å². The van der Waals surface area contributed by atoms with Gasteiger partial charge in [0.2, 0.25) is 0 Å². The fourth-order valence-electron chi connectivity index (χ4n) is 1.42. The summed E-state index contributed by atoms with van der Waals surface area (Å²) in [5, 5.41) is 0.449. The minimum Gasteiger partial charge on any atom is -0.325 e. The van der Waals surface area contributed by atoms with Crippen LogP contribution >= 0.6 is 11.6 Å². The summed E-state index contributed by atoms with van der Waals surface area (Å²) in [6.07, 6.45) is 3.02. The molecular formula is C11H9ClFN3. The molecule has 2 N–H and O–H groups in total. The summed E-state index contributed by atoms with van der Waals surface area (Å²) < 4.78 is 13.6. The van der Waals surface area contributed by atoms with Gasteiger partial charge in [-0.25, -0.2) is 4.39 Å². The van der Waals surface area contributed by atoms with Gasteiger partial charge in [-0.2, -0.15) is 0 Å². The Labute approximate surface area is 97.1 Å². The predicted molar refractivity (Wildman–Crippen MR) is 60.3 cm³/mol. The zero-order valence-electron chi connectivity index (χ0n) is 8.32. The third-order valence-electron chi connectivity index (χ3n) is 2.15. The van der Waals surface area contributed by atoms with E-state index in [0.717, 1.165) is 0 Å². The topological polar surface area (TPSA) is 51.8 Å². The Hall–Kier alpha value is -1.52. The van der Waals surface area contributed by atoms with Crippen molar-refractivity contribution in [1.82, 2.24) is 9.97 Å². The Morgan fingerprint density at radius 2 is 2.00 bits per heavy atom. The Morgan fingerprint density at radius 3 is 2.75 bits per heavy atom. The molecule has 82 valence electrons. The largest absolute Gasteiger partial charge is 0.325 e. The summed E-state index contributed by atoms with van der Waals surface area (Å²) >= 11 is 5.82. The van der Waals surface area contributed by atoms with Crippen molar-refractivity contribution < 1.29 is 4.39 Å². The second kappa shape index (κ2) is 4.55. The van der Waals surface area contributed by atoms with E-state index in [2.05, 4.69) is 9.97 Å². The van der Waals surface area contributed by atoms with Gasteiger partial charge in [0.1, 0.15) is 5.82 Å². The van der Waals surface area contributed by atoms with E-state index in [1.54, 1.807) is 0 Å². The van der Waals surface area contributed by atoms with E-state index in [0.29, 0.717) is 22.0 Å². The Bertz CT molecular complexity index is 516. The molecule has 0 amide bonds.